The van der Waals surface area contributed by atoms with Crippen LogP contribution in [0.25, 0.3) is 0 Å². The maximum Gasteiger partial charge on any atom is 0.174 e. The molecule has 1 unspecified atom stereocenters. The summed E-state index contributed by atoms with van der Waals surface area (Å²) in [5, 5.41) is 22.8. The van der Waals surface area contributed by atoms with Crippen molar-refractivity contribution in [2.75, 3.05) is 13.7 Å². The first kappa shape index (κ1) is 19.5. The Morgan fingerprint density at radius 2 is 1.87 bits per heavy atom. The third-order valence-corrected chi connectivity index (χ3v) is 7.14. The molecular weight excluding hydrogens is 446 g/mol. The fraction of sp³-hybridized carbons (Fsp3) is 0.292. The molecule has 2 aromatic carbocycles. The summed E-state index contributed by atoms with van der Waals surface area (Å²) >= 11 is 3.50. The van der Waals surface area contributed by atoms with Crippen LogP contribution in [0.15, 0.2) is 71.5 Å². The monoisotopic (exact) mass is 467 g/mol. The number of aliphatic hydroxyl groups is 2. The van der Waals surface area contributed by atoms with E-state index in [0.29, 0.717) is 23.5 Å². The smallest absolute Gasteiger partial charge is 0.174 e. The summed E-state index contributed by atoms with van der Waals surface area (Å²) in [6.45, 7) is -0.174. The molecule has 1 aliphatic heterocycles. The SMILES string of the molecule is COc1cncc2c1[C@]1(O)C(CO)C[C@@H](c3ccccc3)[C@]1(c1ccc(Br)cc1)O2. The molecule has 0 radical (unpaired) electrons. The third kappa shape index (κ3) is 2.44. The Labute approximate surface area is 183 Å². The highest BCUT2D eigenvalue weighted by molar-refractivity contribution is 9.10. The molecule has 6 heteroatoms. The second kappa shape index (κ2) is 7.08. The molecule has 0 amide bonds. The molecule has 2 heterocycles. The standard InChI is InChI=1S/C24H22BrNO4/c1-29-20-12-26-13-21-22(20)23(28)17(14-27)11-19(15-5-3-2-4-6-15)24(23,30-21)16-7-9-18(25)10-8-16/h2-10,12-13,17,19,27-28H,11,14H2,1H3/t17?,19-,23+,24-/m0/s1. The molecule has 2 N–H and O–H groups in total. The predicted molar refractivity (Wildman–Crippen MR) is 116 cm³/mol. The van der Waals surface area contributed by atoms with E-state index >= 15 is 0 Å². The molecule has 1 aliphatic carbocycles. The maximum absolute atomic E-state index is 12.5. The van der Waals surface area contributed by atoms with Gasteiger partial charge in [-0.1, -0.05) is 58.4 Å². The lowest BCUT2D eigenvalue weighted by atomic mass is 9.70. The number of pyridine rings is 1. The highest BCUT2D eigenvalue weighted by Gasteiger charge is 2.73. The zero-order valence-corrected chi connectivity index (χ0v) is 18.0. The number of aromatic nitrogens is 1. The number of aliphatic hydroxyl groups excluding tert-OH is 1. The Bertz CT molecular complexity index is 1070. The van der Waals surface area contributed by atoms with Gasteiger partial charge in [-0.3, -0.25) is 4.98 Å². The number of nitrogens with zero attached hydrogens (tertiary/aromatic N) is 1. The first-order valence-corrected chi connectivity index (χ1v) is 10.7. The normalized spacial score (nSPS) is 29.2. The lowest BCUT2D eigenvalue weighted by Gasteiger charge is -2.41. The maximum atomic E-state index is 12.5. The third-order valence-electron chi connectivity index (χ3n) is 6.61. The molecule has 30 heavy (non-hydrogen) atoms. The van der Waals surface area contributed by atoms with Gasteiger partial charge in [0.2, 0.25) is 0 Å². The van der Waals surface area contributed by atoms with Crippen LogP contribution < -0.4 is 9.47 Å². The Hall–Kier alpha value is -2.41. The van der Waals surface area contributed by atoms with Crippen molar-refractivity contribution in [2.24, 2.45) is 5.92 Å². The number of ether oxygens (including phenoxy) is 2. The summed E-state index contributed by atoms with van der Waals surface area (Å²) in [4.78, 5) is 4.24. The van der Waals surface area contributed by atoms with E-state index in [2.05, 4.69) is 20.9 Å². The minimum Gasteiger partial charge on any atom is -0.495 e. The molecule has 5 nitrogen and oxygen atoms in total. The van der Waals surface area contributed by atoms with Gasteiger partial charge in [0.05, 0.1) is 25.1 Å². The Morgan fingerprint density at radius 3 is 2.53 bits per heavy atom. The Balaban J connectivity index is 1.83. The lowest BCUT2D eigenvalue weighted by molar-refractivity contribution is -0.135. The van der Waals surface area contributed by atoms with Gasteiger partial charge in [0.1, 0.15) is 17.1 Å². The molecule has 0 bridgehead atoms. The van der Waals surface area contributed by atoms with Gasteiger partial charge in [0.15, 0.2) is 5.60 Å². The number of methoxy groups -OCH3 is 1. The Morgan fingerprint density at radius 1 is 1.13 bits per heavy atom. The summed E-state index contributed by atoms with van der Waals surface area (Å²) in [6.07, 6.45) is 3.77. The molecule has 0 spiro atoms. The fourth-order valence-corrected chi connectivity index (χ4v) is 5.64. The van der Waals surface area contributed by atoms with Crippen LogP contribution in [0.2, 0.25) is 0 Å². The molecule has 1 fully saturated rings. The topological polar surface area (TPSA) is 71.8 Å². The van der Waals surface area contributed by atoms with Crippen LogP contribution in [0.1, 0.15) is 29.0 Å². The highest BCUT2D eigenvalue weighted by Crippen LogP contribution is 2.69. The first-order chi connectivity index (χ1) is 14.6. The van der Waals surface area contributed by atoms with Crippen LogP contribution in [0.4, 0.5) is 0 Å². The summed E-state index contributed by atoms with van der Waals surface area (Å²) < 4.78 is 13.2. The van der Waals surface area contributed by atoms with Gasteiger partial charge in [0.25, 0.3) is 0 Å². The molecular formula is C24H22BrNO4. The van der Waals surface area contributed by atoms with Gasteiger partial charge < -0.3 is 19.7 Å². The van der Waals surface area contributed by atoms with E-state index < -0.39 is 17.1 Å². The van der Waals surface area contributed by atoms with Gasteiger partial charge >= 0.3 is 0 Å². The average Bonchev–Trinajstić information content (AvgIpc) is 3.19. The van der Waals surface area contributed by atoms with Crippen LogP contribution in [0.5, 0.6) is 11.5 Å². The number of hydrogen-bond acceptors (Lipinski definition) is 5. The van der Waals surface area contributed by atoms with E-state index in [1.54, 1.807) is 19.5 Å². The molecule has 154 valence electrons. The van der Waals surface area contributed by atoms with Crippen molar-refractivity contribution in [1.82, 2.24) is 4.98 Å². The number of halogens is 1. The summed E-state index contributed by atoms with van der Waals surface area (Å²) in [5.41, 5.74) is -0.160. The van der Waals surface area contributed by atoms with Crippen molar-refractivity contribution in [3.05, 3.63) is 88.2 Å². The molecule has 2 aliphatic rings. The predicted octanol–water partition coefficient (Wildman–Crippen LogP) is 4.12. The fourth-order valence-electron chi connectivity index (χ4n) is 5.37. The highest BCUT2D eigenvalue weighted by atomic mass is 79.9. The summed E-state index contributed by atoms with van der Waals surface area (Å²) in [6, 6.07) is 17.9. The quantitative estimate of drug-likeness (QED) is 0.603. The molecule has 5 rings (SSSR count). The van der Waals surface area contributed by atoms with E-state index in [1.807, 2.05) is 54.6 Å². The molecule has 0 saturated heterocycles. The van der Waals surface area contributed by atoms with Crippen molar-refractivity contribution < 1.29 is 19.7 Å². The summed E-state index contributed by atoms with van der Waals surface area (Å²) in [7, 11) is 1.55. The molecule has 4 atom stereocenters. The first-order valence-electron chi connectivity index (χ1n) is 9.92. The van der Waals surface area contributed by atoms with Crippen LogP contribution in [0, 0.1) is 5.92 Å². The largest absolute Gasteiger partial charge is 0.495 e. The van der Waals surface area contributed by atoms with Crippen LogP contribution >= 0.6 is 15.9 Å². The van der Waals surface area contributed by atoms with Crippen molar-refractivity contribution in [3.8, 4) is 11.5 Å². The van der Waals surface area contributed by atoms with Crippen LogP contribution in [-0.4, -0.2) is 28.9 Å². The average molecular weight is 468 g/mol. The van der Waals surface area contributed by atoms with Crippen molar-refractivity contribution >= 4 is 15.9 Å². The molecule has 1 saturated carbocycles. The van der Waals surface area contributed by atoms with Gasteiger partial charge in [-0.2, -0.15) is 0 Å². The number of fused-ring (bicyclic) bond motifs is 3. The number of rotatable bonds is 4. The van der Waals surface area contributed by atoms with E-state index in [-0.39, 0.29) is 12.5 Å². The van der Waals surface area contributed by atoms with E-state index in [9.17, 15) is 10.2 Å². The minimum absolute atomic E-state index is 0.174. The van der Waals surface area contributed by atoms with Gasteiger partial charge in [-0.15, -0.1) is 0 Å². The van der Waals surface area contributed by atoms with Gasteiger partial charge in [-0.25, -0.2) is 0 Å². The number of hydrogen-bond donors (Lipinski definition) is 2. The van der Waals surface area contributed by atoms with Crippen LogP contribution in [0.3, 0.4) is 0 Å². The number of benzene rings is 2. The van der Waals surface area contributed by atoms with E-state index in [0.717, 1.165) is 15.6 Å². The minimum atomic E-state index is -1.49. The lowest BCUT2D eigenvalue weighted by Crippen LogP contribution is -2.51. The zero-order valence-electron chi connectivity index (χ0n) is 16.5. The van der Waals surface area contributed by atoms with Crippen molar-refractivity contribution in [2.45, 2.75) is 23.5 Å². The van der Waals surface area contributed by atoms with E-state index in [4.69, 9.17) is 9.47 Å². The Kier molecular flexibility index (Phi) is 4.61. The molecule has 1 aromatic heterocycles. The van der Waals surface area contributed by atoms with Crippen LogP contribution in [-0.2, 0) is 11.2 Å². The molecule has 3 aromatic rings. The van der Waals surface area contributed by atoms with E-state index in [1.165, 1.54) is 0 Å². The zero-order chi connectivity index (χ0) is 20.9. The van der Waals surface area contributed by atoms with Gasteiger partial charge in [0, 0.05) is 22.9 Å². The van der Waals surface area contributed by atoms with Gasteiger partial charge in [-0.05, 0) is 29.7 Å². The second-order valence-corrected chi connectivity index (χ2v) is 8.82. The van der Waals surface area contributed by atoms with Crippen molar-refractivity contribution in [1.29, 1.82) is 0 Å². The second-order valence-electron chi connectivity index (χ2n) is 7.90. The summed E-state index contributed by atoms with van der Waals surface area (Å²) in [5.74, 6) is 0.322. The van der Waals surface area contributed by atoms with Crippen molar-refractivity contribution in [3.63, 3.8) is 0 Å².